The van der Waals surface area contributed by atoms with Gasteiger partial charge in [0, 0.05) is 35.5 Å². The van der Waals surface area contributed by atoms with Gasteiger partial charge < -0.3 is 15.8 Å². The zero-order valence-electron chi connectivity index (χ0n) is 9.83. The summed E-state index contributed by atoms with van der Waals surface area (Å²) < 4.78 is 6.18. The molecule has 0 aliphatic heterocycles. The van der Waals surface area contributed by atoms with Gasteiger partial charge in [0.1, 0.15) is 4.99 Å². The highest BCUT2D eigenvalue weighted by Gasteiger charge is 2.03. The summed E-state index contributed by atoms with van der Waals surface area (Å²) in [5, 5.41) is 3.32. The number of nitrogens with two attached hydrogens (primary N) is 1. The van der Waals surface area contributed by atoms with Crippen LogP contribution in [0, 0.1) is 0 Å². The molecule has 17 heavy (non-hydrogen) atoms. The van der Waals surface area contributed by atoms with Crippen molar-refractivity contribution in [1.29, 1.82) is 0 Å². The molecule has 0 bridgehead atoms. The molecule has 0 saturated heterocycles. The molecule has 5 heteroatoms. The average Bonchev–Trinajstić information content (AvgIpc) is 2.28. The maximum Gasteiger partial charge on any atom is 0.105 e. The van der Waals surface area contributed by atoms with Crippen LogP contribution in [0.2, 0.25) is 0 Å². The Morgan fingerprint density at radius 2 is 2.29 bits per heavy atom. The van der Waals surface area contributed by atoms with Gasteiger partial charge in [-0.05, 0) is 47.5 Å². The molecule has 0 heterocycles. The number of hydrogen-bond acceptors (Lipinski definition) is 3. The standard InChI is InChI=1S/C12H17BrN2OS/c1-2-16-7-3-6-15-9-4-5-10(12(14)17)11(13)8-9/h4-5,8,15H,2-3,6-7H2,1H3,(H2,14,17). The molecule has 0 saturated carbocycles. The summed E-state index contributed by atoms with van der Waals surface area (Å²) in [4.78, 5) is 0.403. The van der Waals surface area contributed by atoms with Gasteiger partial charge in [-0.25, -0.2) is 0 Å². The van der Waals surface area contributed by atoms with E-state index in [-0.39, 0.29) is 0 Å². The minimum Gasteiger partial charge on any atom is -0.389 e. The second-order valence-electron chi connectivity index (χ2n) is 3.54. The highest BCUT2D eigenvalue weighted by molar-refractivity contribution is 9.10. The van der Waals surface area contributed by atoms with Gasteiger partial charge in [0.05, 0.1) is 0 Å². The molecule has 1 rings (SSSR count). The second kappa shape index (κ2) is 7.63. The zero-order valence-corrected chi connectivity index (χ0v) is 12.2. The normalized spacial score (nSPS) is 10.2. The van der Waals surface area contributed by atoms with Crippen LogP contribution in [-0.2, 0) is 4.74 Å². The molecule has 1 aromatic carbocycles. The van der Waals surface area contributed by atoms with E-state index in [1.165, 1.54) is 0 Å². The van der Waals surface area contributed by atoms with Crippen LogP contribution < -0.4 is 11.1 Å². The van der Waals surface area contributed by atoms with E-state index in [0.717, 1.165) is 41.9 Å². The molecule has 0 radical (unpaired) electrons. The first-order valence-electron chi connectivity index (χ1n) is 5.56. The number of nitrogens with one attached hydrogen (secondary N) is 1. The van der Waals surface area contributed by atoms with Crippen LogP contribution in [0.5, 0.6) is 0 Å². The Morgan fingerprint density at radius 3 is 2.88 bits per heavy atom. The number of hydrogen-bond donors (Lipinski definition) is 2. The van der Waals surface area contributed by atoms with Crippen LogP contribution in [0.4, 0.5) is 5.69 Å². The molecule has 0 aromatic heterocycles. The summed E-state index contributed by atoms with van der Waals surface area (Å²) in [5.41, 5.74) is 7.49. The van der Waals surface area contributed by atoms with E-state index in [9.17, 15) is 0 Å². The van der Waals surface area contributed by atoms with Crippen molar-refractivity contribution in [2.24, 2.45) is 5.73 Å². The van der Waals surface area contributed by atoms with E-state index in [1.54, 1.807) is 0 Å². The van der Waals surface area contributed by atoms with Crippen LogP contribution in [0.15, 0.2) is 22.7 Å². The van der Waals surface area contributed by atoms with Gasteiger partial charge >= 0.3 is 0 Å². The molecular weight excluding hydrogens is 300 g/mol. The van der Waals surface area contributed by atoms with Gasteiger partial charge in [-0.15, -0.1) is 0 Å². The van der Waals surface area contributed by atoms with Crippen LogP contribution in [0.1, 0.15) is 18.9 Å². The Labute approximate surface area is 116 Å². The summed E-state index contributed by atoms with van der Waals surface area (Å²) in [7, 11) is 0. The summed E-state index contributed by atoms with van der Waals surface area (Å²) in [6.07, 6.45) is 0.989. The predicted molar refractivity (Wildman–Crippen MR) is 79.6 cm³/mol. The molecule has 0 fully saturated rings. The van der Waals surface area contributed by atoms with Crippen LogP contribution in [-0.4, -0.2) is 24.7 Å². The van der Waals surface area contributed by atoms with Crippen molar-refractivity contribution >= 4 is 38.8 Å². The molecule has 3 nitrogen and oxygen atoms in total. The maximum absolute atomic E-state index is 5.58. The third kappa shape index (κ3) is 5.02. The molecule has 3 N–H and O–H groups in total. The van der Waals surface area contributed by atoms with Gasteiger partial charge in [0.25, 0.3) is 0 Å². The van der Waals surface area contributed by atoms with Crippen LogP contribution >= 0.6 is 28.1 Å². The molecule has 94 valence electrons. The first-order chi connectivity index (χ1) is 8.15. The number of benzene rings is 1. The van der Waals surface area contributed by atoms with Crippen molar-refractivity contribution in [3.63, 3.8) is 0 Å². The maximum atomic E-state index is 5.58. The van der Waals surface area contributed by atoms with Crippen molar-refractivity contribution in [3.8, 4) is 0 Å². The van der Waals surface area contributed by atoms with Gasteiger partial charge in [0.2, 0.25) is 0 Å². The van der Waals surface area contributed by atoms with Crippen LogP contribution in [0.3, 0.4) is 0 Å². The Bertz CT molecular complexity index is 385. The first kappa shape index (κ1) is 14.4. The fourth-order valence-electron chi connectivity index (χ4n) is 1.38. The Kier molecular flexibility index (Phi) is 6.47. The molecule has 1 aromatic rings. The quantitative estimate of drug-likeness (QED) is 0.600. The van der Waals surface area contributed by atoms with E-state index in [4.69, 9.17) is 22.7 Å². The van der Waals surface area contributed by atoms with E-state index in [1.807, 2.05) is 25.1 Å². The fourth-order valence-corrected chi connectivity index (χ4v) is 2.28. The monoisotopic (exact) mass is 316 g/mol. The Hall–Kier alpha value is -0.650. The fraction of sp³-hybridized carbons (Fsp3) is 0.417. The number of rotatable bonds is 7. The molecule has 0 aliphatic carbocycles. The number of anilines is 1. The van der Waals surface area contributed by atoms with Crippen molar-refractivity contribution in [2.45, 2.75) is 13.3 Å². The largest absolute Gasteiger partial charge is 0.389 e. The minimum absolute atomic E-state index is 0.403. The third-order valence-electron chi connectivity index (χ3n) is 2.23. The van der Waals surface area contributed by atoms with Crippen molar-refractivity contribution in [3.05, 3.63) is 28.2 Å². The van der Waals surface area contributed by atoms with Crippen molar-refractivity contribution in [2.75, 3.05) is 25.1 Å². The smallest absolute Gasteiger partial charge is 0.105 e. The van der Waals surface area contributed by atoms with E-state index >= 15 is 0 Å². The molecule has 0 unspecified atom stereocenters. The number of halogens is 1. The average molecular weight is 317 g/mol. The number of thiocarbonyl (C=S) groups is 1. The first-order valence-corrected chi connectivity index (χ1v) is 6.76. The highest BCUT2D eigenvalue weighted by Crippen LogP contribution is 2.21. The Balaban J connectivity index is 2.45. The van der Waals surface area contributed by atoms with E-state index in [2.05, 4.69) is 21.2 Å². The van der Waals surface area contributed by atoms with Crippen molar-refractivity contribution in [1.82, 2.24) is 0 Å². The molecule has 0 atom stereocenters. The molecule has 0 spiro atoms. The van der Waals surface area contributed by atoms with Crippen LogP contribution in [0.25, 0.3) is 0 Å². The van der Waals surface area contributed by atoms with E-state index < -0.39 is 0 Å². The topological polar surface area (TPSA) is 47.3 Å². The van der Waals surface area contributed by atoms with Gasteiger partial charge in [-0.3, -0.25) is 0 Å². The SMILES string of the molecule is CCOCCCNc1ccc(C(N)=S)c(Br)c1. The van der Waals surface area contributed by atoms with Gasteiger partial charge in [0.15, 0.2) is 0 Å². The predicted octanol–water partition coefficient (Wildman–Crippen LogP) is 2.92. The summed E-state index contributed by atoms with van der Waals surface area (Å²) in [6, 6.07) is 5.87. The lowest BCUT2D eigenvalue weighted by Crippen LogP contribution is -2.11. The lowest BCUT2D eigenvalue weighted by Gasteiger charge is -2.09. The lowest BCUT2D eigenvalue weighted by atomic mass is 10.2. The zero-order chi connectivity index (χ0) is 12.7. The van der Waals surface area contributed by atoms with Crippen molar-refractivity contribution < 1.29 is 4.74 Å². The summed E-state index contributed by atoms with van der Waals surface area (Å²) in [6.45, 7) is 4.45. The number of ether oxygens (including phenoxy) is 1. The highest BCUT2D eigenvalue weighted by atomic mass is 79.9. The molecule has 0 aliphatic rings. The molecular formula is C12H17BrN2OS. The van der Waals surface area contributed by atoms with E-state index in [0.29, 0.717) is 4.99 Å². The summed E-state index contributed by atoms with van der Waals surface area (Å²) >= 11 is 8.39. The molecule has 0 amide bonds. The van der Waals surface area contributed by atoms with Gasteiger partial charge in [-0.1, -0.05) is 12.2 Å². The lowest BCUT2D eigenvalue weighted by molar-refractivity contribution is 0.147. The van der Waals surface area contributed by atoms with Gasteiger partial charge in [-0.2, -0.15) is 0 Å². The minimum atomic E-state index is 0.403. The third-order valence-corrected chi connectivity index (χ3v) is 3.11. The summed E-state index contributed by atoms with van der Waals surface area (Å²) in [5.74, 6) is 0. The second-order valence-corrected chi connectivity index (χ2v) is 4.83. The Morgan fingerprint density at radius 1 is 1.53 bits per heavy atom.